The molecule has 0 radical (unpaired) electrons. The minimum atomic E-state index is -0.0425. The summed E-state index contributed by atoms with van der Waals surface area (Å²) in [6.07, 6.45) is 2.86. The van der Waals surface area contributed by atoms with Crippen molar-refractivity contribution >= 4 is 5.69 Å². The summed E-state index contributed by atoms with van der Waals surface area (Å²) in [4.78, 5) is 14.2. The van der Waals surface area contributed by atoms with Gasteiger partial charge in [-0.3, -0.25) is 4.79 Å². The molecule has 6 heteroatoms. The van der Waals surface area contributed by atoms with Gasteiger partial charge in [0, 0.05) is 25.2 Å². The zero-order valence-electron chi connectivity index (χ0n) is 12.3. The highest BCUT2D eigenvalue weighted by Gasteiger charge is 2.13. The molecule has 0 bridgehead atoms. The number of hydrogen-bond acceptors (Lipinski definition) is 5. The number of nitrogens with zero attached hydrogens (tertiary/aromatic N) is 3. The summed E-state index contributed by atoms with van der Waals surface area (Å²) in [6, 6.07) is 1.92. The first-order valence-electron chi connectivity index (χ1n) is 7.34. The second-order valence-corrected chi connectivity index (χ2v) is 5.19. The van der Waals surface area contributed by atoms with Crippen molar-refractivity contribution in [1.29, 1.82) is 0 Å². The topological polar surface area (TPSA) is 59.4 Å². The van der Waals surface area contributed by atoms with Crippen molar-refractivity contribution in [3.05, 3.63) is 22.6 Å². The molecule has 2 rings (SSSR count). The minimum Gasteiger partial charge on any atom is -0.378 e. The fraction of sp³-hybridized carbons (Fsp3) is 0.714. The molecule has 1 aliphatic rings. The van der Waals surface area contributed by atoms with Gasteiger partial charge in [-0.2, -0.15) is 5.10 Å². The number of nitrogens with one attached hydrogen (secondary N) is 1. The van der Waals surface area contributed by atoms with E-state index in [1.54, 1.807) is 12.3 Å². The maximum absolute atomic E-state index is 12.1. The molecule has 1 aliphatic heterocycles. The fourth-order valence-electron chi connectivity index (χ4n) is 2.27. The van der Waals surface area contributed by atoms with Crippen LogP contribution in [0.15, 0.2) is 17.1 Å². The molecular formula is C14H24N4O2. The minimum absolute atomic E-state index is 0.0425. The maximum Gasteiger partial charge on any atom is 0.268 e. The molecule has 112 valence electrons. The fourth-order valence-corrected chi connectivity index (χ4v) is 2.27. The predicted molar refractivity (Wildman–Crippen MR) is 79.3 cm³/mol. The van der Waals surface area contributed by atoms with Gasteiger partial charge in [0.1, 0.15) is 0 Å². The monoisotopic (exact) mass is 280 g/mol. The normalized spacial score (nSPS) is 17.2. The van der Waals surface area contributed by atoms with Gasteiger partial charge in [0.25, 0.3) is 5.56 Å². The second kappa shape index (κ2) is 7.40. The van der Waals surface area contributed by atoms with Crippen molar-refractivity contribution in [2.75, 3.05) is 37.7 Å². The molecule has 1 fully saturated rings. The van der Waals surface area contributed by atoms with Crippen LogP contribution in [-0.4, -0.2) is 48.7 Å². The SMILES string of the molecule is CCCNC(C)Cn1ncc(N2CCOCC2)cc1=O. The van der Waals surface area contributed by atoms with Crippen LogP contribution in [0.5, 0.6) is 0 Å². The summed E-state index contributed by atoms with van der Waals surface area (Å²) >= 11 is 0. The van der Waals surface area contributed by atoms with Crippen LogP contribution < -0.4 is 15.8 Å². The van der Waals surface area contributed by atoms with E-state index >= 15 is 0 Å². The maximum atomic E-state index is 12.1. The summed E-state index contributed by atoms with van der Waals surface area (Å²) in [6.45, 7) is 8.81. The van der Waals surface area contributed by atoms with Crippen LogP contribution >= 0.6 is 0 Å². The largest absolute Gasteiger partial charge is 0.378 e. The van der Waals surface area contributed by atoms with E-state index in [4.69, 9.17) is 4.74 Å². The van der Waals surface area contributed by atoms with Crippen LogP contribution in [0.25, 0.3) is 0 Å². The number of ether oxygens (including phenoxy) is 1. The summed E-state index contributed by atoms with van der Waals surface area (Å²) in [5, 5.41) is 7.64. The molecule has 20 heavy (non-hydrogen) atoms. The van der Waals surface area contributed by atoms with E-state index in [0.717, 1.165) is 31.7 Å². The Labute approximate surface area is 119 Å². The summed E-state index contributed by atoms with van der Waals surface area (Å²) in [7, 11) is 0. The van der Waals surface area contributed by atoms with Gasteiger partial charge in [0.2, 0.25) is 0 Å². The molecule has 0 amide bonds. The van der Waals surface area contributed by atoms with Gasteiger partial charge in [-0.05, 0) is 19.9 Å². The number of rotatable bonds is 6. The van der Waals surface area contributed by atoms with E-state index in [1.807, 2.05) is 0 Å². The molecule has 0 saturated carbocycles. The lowest BCUT2D eigenvalue weighted by Crippen LogP contribution is -2.39. The first-order valence-corrected chi connectivity index (χ1v) is 7.34. The highest BCUT2D eigenvalue weighted by Crippen LogP contribution is 2.11. The first-order chi connectivity index (χ1) is 9.70. The van der Waals surface area contributed by atoms with Crippen molar-refractivity contribution in [3.63, 3.8) is 0 Å². The van der Waals surface area contributed by atoms with Gasteiger partial charge >= 0.3 is 0 Å². The molecule has 0 spiro atoms. The van der Waals surface area contributed by atoms with Gasteiger partial charge in [-0.15, -0.1) is 0 Å². The van der Waals surface area contributed by atoms with E-state index in [-0.39, 0.29) is 11.6 Å². The third-order valence-corrected chi connectivity index (χ3v) is 3.42. The first kappa shape index (κ1) is 15.0. The Bertz CT molecular complexity index is 468. The lowest BCUT2D eigenvalue weighted by molar-refractivity contribution is 0.122. The Morgan fingerprint density at radius 3 is 2.85 bits per heavy atom. The number of aromatic nitrogens is 2. The molecule has 1 saturated heterocycles. The van der Waals surface area contributed by atoms with Gasteiger partial charge < -0.3 is 15.0 Å². The third-order valence-electron chi connectivity index (χ3n) is 3.42. The zero-order valence-corrected chi connectivity index (χ0v) is 12.3. The van der Waals surface area contributed by atoms with Crippen LogP contribution in [-0.2, 0) is 11.3 Å². The van der Waals surface area contributed by atoms with E-state index < -0.39 is 0 Å². The number of hydrogen-bond donors (Lipinski definition) is 1. The van der Waals surface area contributed by atoms with Crippen LogP contribution in [0.1, 0.15) is 20.3 Å². The number of anilines is 1. The van der Waals surface area contributed by atoms with E-state index in [2.05, 4.69) is 29.2 Å². The molecular weight excluding hydrogens is 256 g/mol. The molecule has 1 unspecified atom stereocenters. The highest BCUT2D eigenvalue weighted by molar-refractivity contribution is 5.43. The van der Waals surface area contributed by atoms with Gasteiger partial charge in [0.15, 0.2) is 0 Å². The molecule has 2 heterocycles. The standard InChI is InChI=1S/C14H24N4O2/c1-3-4-15-12(2)11-18-14(19)9-13(10-16-18)17-5-7-20-8-6-17/h9-10,12,15H,3-8,11H2,1-2H3. The summed E-state index contributed by atoms with van der Waals surface area (Å²) < 4.78 is 6.84. The van der Waals surface area contributed by atoms with Gasteiger partial charge in [0.05, 0.1) is 31.6 Å². The predicted octanol–water partition coefficient (Wildman–Crippen LogP) is 0.468. The number of morpholine rings is 1. The highest BCUT2D eigenvalue weighted by atomic mass is 16.5. The molecule has 1 atom stereocenters. The average Bonchev–Trinajstić information content (AvgIpc) is 2.48. The van der Waals surface area contributed by atoms with Crippen molar-refractivity contribution in [1.82, 2.24) is 15.1 Å². The Balaban J connectivity index is 2.00. The van der Waals surface area contributed by atoms with Crippen molar-refractivity contribution in [2.45, 2.75) is 32.9 Å². The van der Waals surface area contributed by atoms with Crippen LogP contribution in [0.4, 0.5) is 5.69 Å². The quantitative estimate of drug-likeness (QED) is 0.821. The molecule has 0 aromatic carbocycles. The van der Waals surface area contributed by atoms with E-state index in [9.17, 15) is 4.79 Å². The molecule has 1 aromatic rings. The third kappa shape index (κ3) is 4.05. The average molecular weight is 280 g/mol. The van der Waals surface area contributed by atoms with Crippen LogP contribution in [0.3, 0.4) is 0 Å². The summed E-state index contributed by atoms with van der Waals surface area (Å²) in [5.74, 6) is 0. The van der Waals surface area contributed by atoms with Crippen molar-refractivity contribution in [2.24, 2.45) is 0 Å². The Kier molecular flexibility index (Phi) is 5.55. The Morgan fingerprint density at radius 1 is 1.45 bits per heavy atom. The van der Waals surface area contributed by atoms with Gasteiger partial charge in [-0.25, -0.2) is 4.68 Å². The molecule has 1 N–H and O–H groups in total. The van der Waals surface area contributed by atoms with Gasteiger partial charge in [-0.1, -0.05) is 6.92 Å². The molecule has 0 aliphatic carbocycles. The van der Waals surface area contributed by atoms with E-state index in [0.29, 0.717) is 19.8 Å². The van der Waals surface area contributed by atoms with E-state index in [1.165, 1.54) is 4.68 Å². The van der Waals surface area contributed by atoms with Crippen LogP contribution in [0, 0.1) is 0 Å². The summed E-state index contributed by atoms with van der Waals surface area (Å²) in [5.41, 5.74) is 0.850. The van der Waals surface area contributed by atoms with Crippen molar-refractivity contribution < 1.29 is 4.74 Å². The lowest BCUT2D eigenvalue weighted by Gasteiger charge is -2.28. The Morgan fingerprint density at radius 2 is 2.20 bits per heavy atom. The smallest absolute Gasteiger partial charge is 0.268 e. The molecule has 6 nitrogen and oxygen atoms in total. The molecule has 1 aromatic heterocycles. The zero-order chi connectivity index (χ0) is 14.4. The van der Waals surface area contributed by atoms with Crippen LogP contribution in [0.2, 0.25) is 0 Å². The van der Waals surface area contributed by atoms with Crippen molar-refractivity contribution in [3.8, 4) is 0 Å². The Hall–Kier alpha value is -1.40. The second-order valence-electron chi connectivity index (χ2n) is 5.19. The lowest BCUT2D eigenvalue weighted by atomic mass is 10.3.